The molecule has 0 radical (unpaired) electrons. The van der Waals surface area contributed by atoms with Gasteiger partial charge in [-0.1, -0.05) is 72.5 Å². The van der Waals surface area contributed by atoms with Crippen molar-refractivity contribution in [3.05, 3.63) is 60.7 Å². The van der Waals surface area contributed by atoms with Crippen LogP contribution in [-0.2, 0) is 11.8 Å². The van der Waals surface area contributed by atoms with E-state index < -0.39 is 6.26 Å². The number of benzene rings is 2. The number of hydrogen-bond acceptors (Lipinski definition) is 1. The topological polar surface area (TPSA) is 20.2 Å². The van der Waals surface area contributed by atoms with Gasteiger partial charge in [-0.15, -0.1) is 12.4 Å². The van der Waals surface area contributed by atoms with Crippen molar-refractivity contribution in [2.24, 2.45) is 0 Å². The van der Waals surface area contributed by atoms with Crippen LogP contribution in [0.15, 0.2) is 60.7 Å². The van der Waals surface area contributed by atoms with Crippen LogP contribution in [0.3, 0.4) is 0 Å². The molecule has 1 nitrogen and oxygen atoms in total. The van der Waals surface area contributed by atoms with Crippen LogP contribution in [0, 0.1) is 0 Å². The zero-order valence-electron chi connectivity index (χ0n) is 8.48. The van der Waals surface area contributed by atoms with Gasteiger partial charge in [0.05, 0.1) is 0 Å². The molecule has 0 saturated carbocycles. The Hall–Kier alpha value is -0.660. The molecule has 0 fully saturated rings. The van der Waals surface area contributed by atoms with Gasteiger partial charge in [0.15, 0.2) is 0 Å². The highest BCUT2D eigenvalue weighted by Crippen LogP contribution is 2.37. The first kappa shape index (κ1) is 13.4. The van der Waals surface area contributed by atoms with E-state index in [-0.39, 0.29) is 12.4 Å². The van der Waals surface area contributed by atoms with Crippen LogP contribution in [-0.4, -0.2) is 4.89 Å². The summed E-state index contributed by atoms with van der Waals surface area (Å²) in [6, 6.07) is 19.0. The van der Waals surface area contributed by atoms with Gasteiger partial charge in [0, 0.05) is 10.6 Å². The molecule has 2 aromatic carbocycles. The number of halogens is 1. The molecule has 0 atom stereocenters. The smallest absolute Gasteiger partial charge is 0.120 e. The maximum Gasteiger partial charge on any atom is 0.120 e. The summed E-state index contributed by atoms with van der Waals surface area (Å²) in [6.45, 7) is 0. The highest BCUT2D eigenvalue weighted by molar-refractivity contribution is 8.19. The zero-order valence-corrected chi connectivity index (χ0v) is 11.0. The highest BCUT2D eigenvalue weighted by Gasteiger charge is 2.17. The van der Waals surface area contributed by atoms with Gasteiger partial charge < -0.3 is 4.89 Å². The lowest BCUT2D eigenvalue weighted by Gasteiger charge is -2.15. The molecule has 0 spiro atoms. The van der Waals surface area contributed by atoms with Crippen LogP contribution in [0.1, 0.15) is 0 Å². The molecule has 0 bridgehead atoms. The second kappa shape index (κ2) is 5.60. The molecule has 0 aromatic heterocycles. The molecule has 0 saturated heterocycles. The minimum absolute atomic E-state index is 0. The van der Waals surface area contributed by atoms with Crippen molar-refractivity contribution in [3.8, 4) is 0 Å². The van der Waals surface area contributed by atoms with E-state index >= 15 is 0 Å². The second-order valence-electron chi connectivity index (χ2n) is 3.25. The molecule has 0 heterocycles. The van der Waals surface area contributed by atoms with Crippen LogP contribution < -0.4 is 10.6 Å². The molecular formula is C12H12ClOPS. The van der Waals surface area contributed by atoms with Crippen molar-refractivity contribution in [2.45, 2.75) is 0 Å². The summed E-state index contributed by atoms with van der Waals surface area (Å²) in [6.07, 6.45) is -2.56. The molecule has 1 N–H and O–H groups in total. The fourth-order valence-electron chi connectivity index (χ4n) is 1.41. The first-order chi connectivity index (χ1) is 7.21. The predicted octanol–water partition coefficient (Wildman–Crippen LogP) is 2.45. The van der Waals surface area contributed by atoms with Gasteiger partial charge in [-0.3, -0.25) is 0 Å². The van der Waals surface area contributed by atoms with E-state index in [9.17, 15) is 4.89 Å². The molecule has 0 aliphatic heterocycles. The van der Waals surface area contributed by atoms with Gasteiger partial charge >= 0.3 is 0 Å². The van der Waals surface area contributed by atoms with E-state index in [1.807, 2.05) is 60.7 Å². The van der Waals surface area contributed by atoms with E-state index in [4.69, 9.17) is 11.8 Å². The number of hydrogen-bond donors (Lipinski definition) is 1. The Morgan fingerprint density at radius 2 is 1.06 bits per heavy atom. The summed E-state index contributed by atoms with van der Waals surface area (Å²) in [4.78, 5) is 10.4. The first-order valence-corrected chi connectivity index (χ1v) is 7.41. The van der Waals surface area contributed by atoms with Gasteiger partial charge in [-0.25, -0.2) is 0 Å². The van der Waals surface area contributed by atoms with Gasteiger partial charge in [0.2, 0.25) is 0 Å². The molecule has 0 amide bonds. The summed E-state index contributed by atoms with van der Waals surface area (Å²) in [5.74, 6) is 0. The SMILES string of the molecule is Cl.OP(=S)(c1ccccc1)c1ccccc1. The van der Waals surface area contributed by atoms with Gasteiger partial charge in [0.25, 0.3) is 0 Å². The van der Waals surface area contributed by atoms with Gasteiger partial charge in [-0.05, 0) is 0 Å². The molecule has 0 aliphatic rings. The van der Waals surface area contributed by atoms with E-state index in [0.29, 0.717) is 0 Å². The van der Waals surface area contributed by atoms with E-state index in [1.54, 1.807) is 0 Å². The Labute approximate surface area is 107 Å². The van der Waals surface area contributed by atoms with E-state index in [2.05, 4.69) is 0 Å². The zero-order chi connectivity index (χ0) is 10.7. The van der Waals surface area contributed by atoms with Crippen LogP contribution in [0.25, 0.3) is 0 Å². The largest absolute Gasteiger partial charge is 0.358 e. The standard InChI is InChI=1S/C12H11OPS.ClH/c13-14(15,11-7-3-1-4-8-11)12-9-5-2-6-10-12;/h1-10H,(H,13,15);1H. The lowest BCUT2D eigenvalue weighted by atomic mass is 10.4. The van der Waals surface area contributed by atoms with Crippen molar-refractivity contribution >= 4 is 41.1 Å². The third-order valence-electron chi connectivity index (χ3n) is 2.21. The minimum atomic E-state index is -2.56. The summed E-state index contributed by atoms with van der Waals surface area (Å²) >= 11 is 5.34. The van der Waals surface area contributed by atoms with Crippen LogP contribution in [0.4, 0.5) is 0 Å². The van der Waals surface area contributed by atoms with Gasteiger partial charge in [0.1, 0.15) is 6.26 Å². The maximum absolute atomic E-state index is 10.4. The fourth-order valence-corrected chi connectivity index (χ4v) is 3.59. The Balaban J connectivity index is 0.00000128. The second-order valence-corrected chi connectivity index (χ2v) is 7.02. The fraction of sp³-hybridized carbons (Fsp3) is 0. The van der Waals surface area contributed by atoms with Crippen molar-refractivity contribution in [3.63, 3.8) is 0 Å². The summed E-state index contributed by atoms with van der Waals surface area (Å²) in [7, 11) is 0. The van der Waals surface area contributed by atoms with Crippen LogP contribution in [0.2, 0.25) is 0 Å². The maximum atomic E-state index is 10.4. The average Bonchev–Trinajstić information content (AvgIpc) is 2.31. The van der Waals surface area contributed by atoms with Crippen LogP contribution >= 0.6 is 18.7 Å². The van der Waals surface area contributed by atoms with E-state index in [0.717, 1.165) is 10.6 Å². The Kier molecular flexibility index (Phi) is 4.69. The molecule has 84 valence electrons. The average molecular weight is 271 g/mol. The third kappa shape index (κ3) is 2.72. The molecule has 4 heteroatoms. The monoisotopic (exact) mass is 270 g/mol. The van der Waals surface area contributed by atoms with Crippen molar-refractivity contribution in [1.29, 1.82) is 0 Å². The van der Waals surface area contributed by atoms with Crippen molar-refractivity contribution < 1.29 is 4.89 Å². The Morgan fingerprint density at radius 1 is 0.750 bits per heavy atom. The lowest BCUT2D eigenvalue weighted by molar-refractivity contribution is 0.642. The third-order valence-corrected chi connectivity index (χ3v) is 5.47. The molecule has 0 unspecified atom stereocenters. The van der Waals surface area contributed by atoms with E-state index in [1.165, 1.54) is 0 Å². The molecule has 16 heavy (non-hydrogen) atoms. The summed E-state index contributed by atoms with van der Waals surface area (Å²) < 4.78 is 0. The summed E-state index contributed by atoms with van der Waals surface area (Å²) in [5, 5.41) is 1.68. The Morgan fingerprint density at radius 3 is 1.38 bits per heavy atom. The van der Waals surface area contributed by atoms with Crippen molar-refractivity contribution in [1.82, 2.24) is 0 Å². The highest BCUT2D eigenvalue weighted by atomic mass is 35.5. The molecular weight excluding hydrogens is 259 g/mol. The predicted molar refractivity (Wildman–Crippen MR) is 75.9 cm³/mol. The minimum Gasteiger partial charge on any atom is -0.358 e. The lowest BCUT2D eigenvalue weighted by Crippen LogP contribution is -2.14. The molecule has 2 aromatic rings. The number of rotatable bonds is 2. The molecule has 0 aliphatic carbocycles. The van der Waals surface area contributed by atoms with Crippen LogP contribution in [0.5, 0.6) is 0 Å². The van der Waals surface area contributed by atoms with Crippen molar-refractivity contribution in [2.75, 3.05) is 0 Å². The van der Waals surface area contributed by atoms with Gasteiger partial charge in [-0.2, -0.15) is 0 Å². The summed E-state index contributed by atoms with van der Waals surface area (Å²) in [5.41, 5.74) is 0. The molecule has 2 rings (SSSR count). The normalized spacial score (nSPS) is 10.6. The quantitative estimate of drug-likeness (QED) is 0.846. The Bertz CT molecular complexity index is 443. The first-order valence-electron chi connectivity index (χ1n) is 4.65.